The van der Waals surface area contributed by atoms with Gasteiger partial charge in [0.2, 0.25) is 21.8 Å². The summed E-state index contributed by atoms with van der Waals surface area (Å²) in [5.74, 6) is -4.38. The summed E-state index contributed by atoms with van der Waals surface area (Å²) >= 11 is 0. The number of hydrogen-bond acceptors (Lipinski definition) is 7. The molecule has 4 amide bonds. The number of anilines is 1. The summed E-state index contributed by atoms with van der Waals surface area (Å²) in [6.07, 6.45) is -8.39. The maximum absolute atomic E-state index is 14.6. The van der Waals surface area contributed by atoms with Crippen LogP contribution in [0.25, 0.3) is 0 Å². The summed E-state index contributed by atoms with van der Waals surface area (Å²) < 4.78 is 133. The highest BCUT2D eigenvalue weighted by Crippen LogP contribution is 2.39. The molecule has 322 valence electrons. The molecule has 0 spiro atoms. The number of amides is 4. The van der Waals surface area contributed by atoms with Crippen LogP contribution in [-0.4, -0.2) is 74.4 Å². The Balaban J connectivity index is 0.000000445. The summed E-state index contributed by atoms with van der Waals surface area (Å²) in [5, 5.41) is 4.62. The van der Waals surface area contributed by atoms with Gasteiger partial charge in [0.25, 0.3) is 11.8 Å². The van der Waals surface area contributed by atoms with Gasteiger partial charge in [-0.25, -0.2) is 17.2 Å². The maximum atomic E-state index is 14.6. The molecule has 1 fully saturated rings. The van der Waals surface area contributed by atoms with Crippen LogP contribution in [0, 0.1) is 11.6 Å². The predicted octanol–water partition coefficient (Wildman–Crippen LogP) is 5.14. The Hall–Kier alpha value is -6.09. The molecule has 1 aliphatic rings. The second-order valence-electron chi connectivity index (χ2n) is 13.7. The molecule has 0 bridgehead atoms. The topological polar surface area (TPSA) is 185 Å². The molecule has 4 aromatic carbocycles. The van der Waals surface area contributed by atoms with Crippen LogP contribution in [0.3, 0.4) is 0 Å². The molecular formula is C39H38F8N6O6S. The monoisotopic (exact) mass is 870 g/mol. The quantitative estimate of drug-likeness (QED) is 0.142. The van der Waals surface area contributed by atoms with Crippen LogP contribution >= 0.6 is 0 Å². The number of rotatable bonds is 12. The van der Waals surface area contributed by atoms with E-state index in [0.717, 1.165) is 59.1 Å². The van der Waals surface area contributed by atoms with E-state index in [9.17, 15) is 62.7 Å². The third-order valence-corrected chi connectivity index (χ3v) is 10.3. The smallest absolute Gasteiger partial charge is 0.368 e. The van der Waals surface area contributed by atoms with Crippen LogP contribution in [0.5, 0.6) is 0 Å². The van der Waals surface area contributed by atoms with Crippen LogP contribution in [0.1, 0.15) is 62.9 Å². The van der Waals surface area contributed by atoms with E-state index in [0.29, 0.717) is 11.1 Å². The van der Waals surface area contributed by atoms with E-state index in [2.05, 4.69) is 10.6 Å². The number of likely N-dealkylation sites (tertiary alicyclic amines) is 1. The van der Waals surface area contributed by atoms with Gasteiger partial charge in [0.1, 0.15) is 23.7 Å². The van der Waals surface area contributed by atoms with Gasteiger partial charge >= 0.3 is 12.4 Å². The summed E-state index contributed by atoms with van der Waals surface area (Å²) in [4.78, 5) is 47.7. The lowest BCUT2D eigenvalue weighted by atomic mass is 9.91. The number of hydrogen-bond donors (Lipinski definition) is 4. The molecule has 2 atom stereocenters. The zero-order valence-electron chi connectivity index (χ0n) is 31.8. The number of benzene rings is 4. The zero-order valence-corrected chi connectivity index (χ0v) is 32.6. The molecule has 4 aromatic rings. The van der Waals surface area contributed by atoms with Gasteiger partial charge in [0.15, 0.2) is 0 Å². The van der Waals surface area contributed by atoms with Gasteiger partial charge in [0, 0.05) is 24.2 Å². The van der Waals surface area contributed by atoms with Crippen molar-refractivity contribution in [2.75, 3.05) is 23.7 Å². The van der Waals surface area contributed by atoms with Gasteiger partial charge in [0.05, 0.1) is 35.2 Å². The van der Waals surface area contributed by atoms with Crippen LogP contribution < -0.4 is 26.4 Å². The third-order valence-electron chi connectivity index (χ3n) is 9.09. The lowest BCUT2D eigenvalue weighted by Crippen LogP contribution is -2.61. The Morgan fingerprint density at radius 1 is 0.683 bits per heavy atom. The third kappa shape index (κ3) is 12.0. The summed E-state index contributed by atoms with van der Waals surface area (Å²) in [6, 6.07) is 12.5. The minimum Gasteiger partial charge on any atom is -0.368 e. The first-order valence-corrected chi connectivity index (χ1v) is 19.5. The largest absolute Gasteiger partial charge is 0.416 e. The second-order valence-corrected chi connectivity index (χ2v) is 15.6. The Morgan fingerprint density at radius 3 is 1.52 bits per heavy atom. The average Bonchev–Trinajstić information content (AvgIpc) is 3.13. The average molecular weight is 871 g/mol. The normalized spacial score (nSPS) is 14.5. The van der Waals surface area contributed by atoms with Crippen LogP contribution in [-0.2, 0) is 32.0 Å². The van der Waals surface area contributed by atoms with Crippen molar-refractivity contribution in [2.45, 2.75) is 50.4 Å². The van der Waals surface area contributed by atoms with E-state index < -0.39 is 92.9 Å². The fraction of sp³-hybridized carbons (Fsp3) is 0.282. The number of primary amides is 2. The van der Waals surface area contributed by atoms with E-state index in [-0.39, 0.29) is 29.9 Å². The molecule has 0 saturated carbocycles. The summed E-state index contributed by atoms with van der Waals surface area (Å²) in [5.41, 5.74) is 8.51. The van der Waals surface area contributed by atoms with Crippen LogP contribution in [0.4, 0.5) is 40.8 Å². The van der Waals surface area contributed by atoms with Crippen molar-refractivity contribution in [3.05, 3.63) is 136 Å². The van der Waals surface area contributed by atoms with Crippen molar-refractivity contribution < 1.29 is 62.7 Å². The van der Waals surface area contributed by atoms with Crippen molar-refractivity contribution in [2.24, 2.45) is 11.5 Å². The number of carbonyl (C=O) groups is 4. The van der Waals surface area contributed by atoms with Gasteiger partial charge in [-0.15, -0.1) is 0 Å². The molecule has 0 unspecified atom stereocenters. The number of alkyl halides is 6. The molecule has 0 aliphatic carbocycles. The highest BCUT2D eigenvalue weighted by atomic mass is 32.2. The Morgan fingerprint density at radius 2 is 1.12 bits per heavy atom. The Labute approximate surface area is 338 Å². The number of carbonyl (C=O) groups excluding carboxylic acids is 4. The Bertz CT molecular complexity index is 2260. The summed E-state index contributed by atoms with van der Waals surface area (Å²) in [6.45, 7) is 2.64. The molecule has 12 nitrogen and oxygen atoms in total. The number of nitrogens with one attached hydrogen (secondary N) is 2. The first-order valence-electron chi connectivity index (χ1n) is 17.6. The molecule has 1 heterocycles. The molecule has 21 heteroatoms. The van der Waals surface area contributed by atoms with Gasteiger partial charge in [-0.3, -0.25) is 28.4 Å². The van der Waals surface area contributed by atoms with E-state index >= 15 is 0 Å². The van der Waals surface area contributed by atoms with Crippen LogP contribution in [0.15, 0.2) is 91.0 Å². The second kappa shape index (κ2) is 18.4. The van der Waals surface area contributed by atoms with Crippen molar-refractivity contribution in [3.63, 3.8) is 0 Å². The molecular weight excluding hydrogens is 833 g/mol. The predicted molar refractivity (Wildman–Crippen MR) is 202 cm³/mol. The lowest BCUT2D eigenvalue weighted by molar-refractivity contribution is -0.138. The number of sulfonamides is 1. The molecule has 1 aliphatic heterocycles. The van der Waals surface area contributed by atoms with Gasteiger partial charge in [-0.2, -0.15) is 26.3 Å². The lowest BCUT2D eigenvalue weighted by Gasteiger charge is -2.48. The molecule has 60 heavy (non-hydrogen) atoms. The van der Waals surface area contributed by atoms with E-state index in [1.54, 1.807) is 4.90 Å². The Kier molecular flexibility index (Phi) is 14.3. The number of nitrogens with two attached hydrogens (primary N) is 2. The summed E-state index contributed by atoms with van der Waals surface area (Å²) in [7, 11) is -4.11. The van der Waals surface area contributed by atoms with Crippen LogP contribution in [0.2, 0.25) is 0 Å². The standard InChI is InChI=1S/C29H27F7N4O4S.C10H11FN2O2/c1-16(26(37)41)38-27(42)19-11-22(30)13-23(12-19)40(45(2,43)44)24-14-39(15-24)25(17-3-7-20(8-4-17)28(31,32)33)18-5-9-21(10-6-18)29(34,35)36;1-6(9(12)14)13-10(15)7-3-2-4-8(11)5-7/h3-13,16,24-25H,14-15H2,1-2H3,(H2,37,41)(H,38,42);2-6H,1H3,(H2,12,14)(H,13,15)/t16-;6-/m00/s1. The van der Waals surface area contributed by atoms with Gasteiger partial charge in [-0.05, 0) is 85.6 Å². The zero-order chi connectivity index (χ0) is 44.9. The highest BCUT2D eigenvalue weighted by molar-refractivity contribution is 7.92. The SMILES string of the molecule is C[C@H](NC(=O)c1cc(F)cc(N(C2CN(C(c3ccc(C(F)(F)F)cc3)c3ccc(C(F)(F)F)cc3)C2)S(C)(=O)=O)c1)C(N)=O.C[C@H](NC(=O)c1cccc(F)c1)C(N)=O. The minimum atomic E-state index is -4.63. The molecule has 0 radical (unpaired) electrons. The van der Waals surface area contributed by atoms with E-state index in [4.69, 9.17) is 11.5 Å². The fourth-order valence-electron chi connectivity index (χ4n) is 6.01. The maximum Gasteiger partial charge on any atom is 0.416 e. The first-order chi connectivity index (χ1) is 27.8. The first kappa shape index (κ1) is 46.6. The molecule has 5 rings (SSSR count). The van der Waals surface area contributed by atoms with Gasteiger partial charge in [-0.1, -0.05) is 30.3 Å². The number of halogens is 8. The van der Waals surface area contributed by atoms with Crippen molar-refractivity contribution >= 4 is 39.3 Å². The number of nitrogens with zero attached hydrogens (tertiary/aromatic N) is 2. The molecule has 1 saturated heterocycles. The minimum absolute atomic E-state index is 0.0590. The fourth-order valence-corrected chi connectivity index (χ4v) is 7.17. The van der Waals surface area contributed by atoms with Crippen molar-refractivity contribution in [1.29, 1.82) is 0 Å². The molecule has 0 aromatic heterocycles. The molecule has 6 N–H and O–H groups in total. The highest BCUT2D eigenvalue weighted by Gasteiger charge is 2.42. The van der Waals surface area contributed by atoms with E-state index in [1.807, 2.05) is 0 Å². The van der Waals surface area contributed by atoms with Crippen molar-refractivity contribution in [3.8, 4) is 0 Å². The van der Waals surface area contributed by atoms with E-state index in [1.165, 1.54) is 56.3 Å². The van der Waals surface area contributed by atoms with Crippen molar-refractivity contribution in [1.82, 2.24) is 15.5 Å². The van der Waals surface area contributed by atoms with Gasteiger partial charge < -0.3 is 22.1 Å².